The molecule has 4 heteroatoms. The predicted octanol–water partition coefficient (Wildman–Crippen LogP) is 2.17. The van der Waals surface area contributed by atoms with Crippen LogP contribution >= 0.6 is 0 Å². The molecule has 0 aromatic heterocycles. The highest BCUT2D eigenvalue weighted by Crippen LogP contribution is 2.09. The van der Waals surface area contributed by atoms with Crippen LogP contribution in [-0.4, -0.2) is 18.5 Å². The monoisotopic (exact) mass is 234 g/mol. The first-order chi connectivity index (χ1) is 7.88. The molecule has 0 fully saturated rings. The lowest BCUT2D eigenvalue weighted by Crippen LogP contribution is -2.42. The van der Waals surface area contributed by atoms with Crippen LogP contribution in [0.2, 0.25) is 0 Å². The van der Waals surface area contributed by atoms with E-state index in [-0.39, 0.29) is 5.41 Å². The van der Waals surface area contributed by atoms with Gasteiger partial charge in [-0.05, 0) is 17.5 Å². The van der Waals surface area contributed by atoms with E-state index >= 15 is 0 Å². The van der Waals surface area contributed by atoms with Gasteiger partial charge in [0.15, 0.2) is 0 Å². The highest BCUT2D eigenvalue weighted by molar-refractivity contribution is 6.04. The number of urea groups is 1. The van der Waals surface area contributed by atoms with Crippen LogP contribution in [0.3, 0.4) is 0 Å². The molecular formula is C13H18N2O2. The van der Waals surface area contributed by atoms with Crippen molar-refractivity contribution < 1.29 is 9.59 Å². The van der Waals surface area contributed by atoms with Crippen molar-refractivity contribution in [3.05, 3.63) is 35.9 Å². The molecule has 0 unspecified atom stereocenters. The molecule has 0 atom stereocenters. The number of benzene rings is 1. The highest BCUT2D eigenvalue weighted by Gasteiger charge is 2.13. The second-order valence-electron chi connectivity index (χ2n) is 5.06. The third kappa shape index (κ3) is 5.15. The van der Waals surface area contributed by atoms with Gasteiger partial charge in [0.05, 0.1) is 0 Å². The molecule has 1 aromatic rings. The van der Waals surface area contributed by atoms with Crippen molar-refractivity contribution in [3.63, 3.8) is 0 Å². The van der Waals surface area contributed by atoms with Gasteiger partial charge in [0, 0.05) is 12.1 Å². The van der Waals surface area contributed by atoms with E-state index in [1.54, 1.807) is 24.3 Å². The Hall–Kier alpha value is -1.84. The van der Waals surface area contributed by atoms with Crippen molar-refractivity contribution in [1.82, 2.24) is 10.6 Å². The standard InChI is InChI=1S/C13H18N2O2/c1-13(2,3)9-14-12(17)15-11(16)10-7-5-4-6-8-10/h4-8H,9H2,1-3H3,(H2,14,15,16,17). The van der Waals surface area contributed by atoms with Crippen molar-refractivity contribution in [2.45, 2.75) is 20.8 Å². The summed E-state index contributed by atoms with van der Waals surface area (Å²) >= 11 is 0. The van der Waals surface area contributed by atoms with E-state index in [0.717, 1.165) is 0 Å². The van der Waals surface area contributed by atoms with Crippen molar-refractivity contribution >= 4 is 11.9 Å². The summed E-state index contributed by atoms with van der Waals surface area (Å²) in [5, 5.41) is 4.93. The maximum atomic E-state index is 11.6. The first-order valence-electron chi connectivity index (χ1n) is 5.53. The average Bonchev–Trinajstić information content (AvgIpc) is 2.27. The molecule has 2 N–H and O–H groups in total. The quantitative estimate of drug-likeness (QED) is 0.824. The molecule has 0 bridgehead atoms. The van der Waals surface area contributed by atoms with Gasteiger partial charge in [-0.3, -0.25) is 10.1 Å². The molecule has 0 saturated carbocycles. The van der Waals surface area contributed by atoms with Crippen molar-refractivity contribution in [2.24, 2.45) is 5.41 Å². The zero-order valence-electron chi connectivity index (χ0n) is 10.4. The number of amides is 3. The lowest BCUT2D eigenvalue weighted by atomic mass is 9.97. The smallest absolute Gasteiger partial charge is 0.321 e. The highest BCUT2D eigenvalue weighted by atomic mass is 16.2. The largest absolute Gasteiger partial charge is 0.337 e. The van der Waals surface area contributed by atoms with E-state index in [9.17, 15) is 9.59 Å². The summed E-state index contributed by atoms with van der Waals surface area (Å²) in [7, 11) is 0. The van der Waals surface area contributed by atoms with Gasteiger partial charge < -0.3 is 5.32 Å². The third-order valence-electron chi connectivity index (χ3n) is 2.04. The molecule has 0 spiro atoms. The summed E-state index contributed by atoms with van der Waals surface area (Å²) in [5.41, 5.74) is 0.464. The Labute approximate surface area is 101 Å². The normalized spacial score (nSPS) is 10.8. The summed E-state index contributed by atoms with van der Waals surface area (Å²) in [5.74, 6) is -0.392. The van der Waals surface area contributed by atoms with Gasteiger partial charge in [0.2, 0.25) is 0 Å². The zero-order chi connectivity index (χ0) is 12.9. The van der Waals surface area contributed by atoms with Crippen LogP contribution in [0.15, 0.2) is 30.3 Å². The predicted molar refractivity (Wildman–Crippen MR) is 66.8 cm³/mol. The minimum absolute atomic E-state index is 0.00681. The molecule has 1 rings (SSSR count). The molecule has 1 aromatic carbocycles. The third-order valence-corrected chi connectivity index (χ3v) is 2.04. The SMILES string of the molecule is CC(C)(C)CNC(=O)NC(=O)c1ccccc1. The topological polar surface area (TPSA) is 58.2 Å². The second kappa shape index (κ2) is 5.48. The van der Waals surface area contributed by atoms with Gasteiger partial charge in [0.1, 0.15) is 0 Å². The number of carbonyl (C=O) groups is 2. The molecule has 0 aliphatic carbocycles. The minimum Gasteiger partial charge on any atom is -0.337 e. The van der Waals surface area contributed by atoms with Crippen LogP contribution in [-0.2, 0) is 0 Å². The number of carbonyl (C=O) groups excluding carboxylic acids is 2. The van der Waals surface area contributed by atoms with E-state index in [1.165, 1.54) is 0 Å². The number of rotatable bonds is 2. The van der Waals surface area contributed by atoms with Gasteiger partial charge in [0.25, 0.3) is 5.91 Å². The van der Waals surface area contributed by atoms with E-state index in [4.69, 9.17) is 0 Å². The fourth-order valence-electron chi connectivity index (χ4n) is 1.15. The molecular weight excluding hydrogens is 216 g/mol. The Morgan fingerprint density at radius 3 is 2.24 bits per heavy atom. The molecule has 0 heterocycles. The van der Waals surface area contributed by atoms with Crippen LogP contribution in [0, 0.1) is 5.41 Å². The molecule has 0 radical (unpaired) electrons. The number of imide groups is 1. The zero-order valence-corrected chi connectivity index (χ0v) is 10.4. The number of hydrogen-bond donors (Lipinski definition) is 2. The summed E-state index contributed by atoms with van der Waals surface area (Å²) in [6, 6.07) is 8.17. The molecule has 4 nitrogen and oxygen atoms in total. The van der Waals surface area contributed by atoms with Crippen LogP contribution in [0.25, 0.3) is 0 Å². The number of hydrogen-bond acceptors (Lipinski definition) is 2. The Bertz CT molecular complexity index is 394. The van der Waals surface area contributed by atoms with Crippen molar-refractivity contribution in [1.29, 1.82) is 0 Å². The maximum Gasteiger partial charge on any atom is 0.321 e. The van der Waals surface area contributed by atoms with Crippen molar-refractivity contribution in [3.8, 4) is 0 Å². The van der Waals surface area contributed by atoms with E-state index in [0.29, 0.717) is 12.1 Å². The molecule has 0 aliphatic rings. The Balaban J connectivity index is 2.45. The van der Waals surface area contributed by atoms with E-state index in [2.05, 4.69) is 10.6 Å². The summed E-state index contributed by atoms with van der Waals surface area (Å²) in [6.07, 6.45) is 0. The summed E-state index contributed by atoms with van der Waals surface area (Å²) < 4.78 is 0. The molecule has 0 aliphatic heterocycles. The number of nitrogens with one attached hydrogen (secondary N) is 2. The molecule has 17 heavy (non-hydrogen) atoms. The van der Waals surface area contributed by atoms with Gasteiger partial charge in [-0.1, -0.05) is 39.0 Å². The van der Waals surface area contributed by atoms with Crippen LogP contribution in [0.4, 0.5) is 4.79 Å². The van der Waals surface area contributed by atoms with Crippen LogP contribution in [0.1, 0.15) is 31.1 Å². The van der Waals surface area contributed by atoms with Gasteiger partial charge in [-0.15, -0.1) is 0 Å². The first-order valence-corrected chi connectivity index (χ1v) is 5.53. The molecule has 92 valence electrons. The van der Waals surface area contributed by atoms with Crippen molar-refractivity contribution in [2.75, 3.05) is 6.54 Å². The average molecular weight is 234 g/mol. The lowest BCUT2D eigenvalue weighted by molar-refractivity contribution is 0.0963. The van der Waals surface area contributed by atoms with Crippen LogP contribution in [0.5, 0.6) is 0 Å². The maximum absolute atomic E-state index is 11.6. The lowest BCUT2D eigenvalue weighted by Gasteiger charge is -2.18. The fraction of sp³-hybridized carbons (Fsp3) is 0.385. The molecule has 0 saturated heterocycles. The Morgan fingerprint density at radius 1 is 1.12 bits per heavy atom. The van der Waals surface area contributed by atoms with Gasteiger partial charge in [-0.2, -0.15) is 0 Å². The first kappa shape index (κ1) is 13.2. The Kier molecular flexibility index (Phi) is 4.26. The Morgan fingerprint density at radius 2 is 1.71 bits per heavy atom. The van der Waals surface area contributed by atoms with Crippen LogP contribution < -0.4 is 10.6 Å². The van der Waals surface area contributed by atoms with E-state index in [1.807, 2.05) is 26.8 Å². The molecule has 3 amide bonds. The fourth-order valence-corrected chi connectivity index (χ4v) is 1.15. The summed E-state index contributed by atoms with van der Waals surface area (Å²) in [4.78, 5) is 23.0. The summed E-state index contributed by atoms with van der Waals surface area (Å²) in [6.45, 7) is 6.53. The van der Waals surface area contributed by atoms with E-state index < -0.39 is 11.9 Å². The van der Waals surface area contributed by atoms with Gasteiger partial charge in [-0.25, -0.2) is 4.79 Å². The second-order valence-corrected chi connectivity index (χ2v) is 5.06. The minimum atomic E-state index is -0.464. The van der Waals surface area contributed by atoms with Gasteiger partial charge >= 0.3 is 6.03 Å².